The van der Waals surface area contributed by atoms with Gasteiger partial charge in [0, 0.05) is 24.5 Å². The van der Waals surface area contributed by atoms with Gasteiger partial charge in [-0.15, -0.1) is 0 Å². The fourth-order valence-electron chi connectivity index (χ4n) is 2.38. The summed E-state index contributed by atoms with van der Waals surface area (Å²) in [6.45, 7) is 5.61. The van der Waals surface area contributed by atoms with Gasteiger partial charge in [-0.2, -0.15) is 0 Å². The average molecular weight is 260 g/mol. The van der Waals surface area contributed by atoms with E-state index >= 15 is 0 Å². The predicted octanol–water partition coefficient (Wildman–Crippen LogP) is 2.51. The fraction of sp³-hybridized carbons (Fsp3) is 0.467. The molecule has 19 heavy (non-hydrogen) atoms. The summed E-state index contributed by atoms with van der Waals surface area (Å²) in [5, 5.41) is 2.78. The number of anilines is 2. The van der Waals surface area contributed by atoms with Gasteiger partial charge in [0.1, 0.15) is 5.78 Å². The minimum absolute atomic E-state index is 0.0622. The van der Waals surface area contributed by atoms with E-state index in [1.54, 1.807) is 0 Å². The number of hydrogen-bond acceptors (Lipinski definition) is 3. The molecule has 0 spiro atoms. The lowest BCUT2D eigenvalue weighted by Gasteiger charge is -2.19. The Labute approximate surface area is 113 Å². The molecule has 4 nitrogen and oxygen atoms in total. The molecule has 1 aromatic carbocycles. The number of ketones is 1. The van der Waals surface area contributed by atoms with Gasteiger partial charge in [0.05, 0.1) is 6.42 Å². The zero-order chi connectivity index (χ0) is 13.8. The van der Waals surface area contributed by atoms with Crippen LogP contribution in [0.1, 0.15) is 31.7 Å². The van der Waals surface area contributed by atoms with Crippen LogP contribution in [0.25, 0.3) is 0 Å². The highest BCUT2D eigenvalue weighted by Gasteiger charge is 2.13. The third kappa shape index (κ3) is 3.56. The first-order valence-corrected chi connectivity index (χ1v) is 6.71. The van der Waals surface area contributed by atoms with Crippen molar-refractivity contribution >= 4 is 23.1 Å². The van der Waals surface area contributed by atoms with E-state index in [1.165, 1.54) is 25.5 Å². The summed E-state index contributed by atoms with van der Waals surface area (Å²) >= 11 is 0. The van der Waals surface area contributed by atoms with Crippen LogP contribution in [0, 0.1) is 6.92 Å². The van der Waals surface area contributed by atoms with Gasteiger partial charge in [0.25, 0.3) is 0 Å². The maximum atomic E-state index is 11.6. The topological polar surface area (TPSA) is 49.4 Å². The van der Waals surface area contributed by atoms with Crippen molar-refractivity contribution in [3.8, 4) is 0 Å². The Kier molecular flexibility index (Phi) is 4.20. The molecule has 1 heterocycles. The molecule has 1 aromatic rings. The standard InChI is InChI=1S/C15H20N2O2/c1-11-9-13(17-7-3-4-8-17)5-6-14(11)16-15(19)10-12(2)18/h5-6,9H,3-4,7-8,10H2,1-2H3,(H,16,19). The number of carbonyl (C=O) groups excluding carboxylic acids is 2. The summed E-state index contributed by atoms with van der Waals surface area (Å²) in [4.78, 5) is 24.8. The van der Waals surface area contributed by atoms with Crippen LogP contribution in [-0.4, -0.2) is 24.8 Å². The minimum Gasteiger partial charge on any atom is -0.372 e. The number of carbonyl (C=O) groups is 2. The Morgan fingerprint density at radius 2 is 1.95 bits per heavy atom. The number of hydrogen-bond donors (Lipinski definition) is 1. The fourth-order valence-corrected chi connectivity index (χ4v) is 2.38. The molecule has 0 saturated carbocycles. The molecule has 1 aliphatic heterocycles. The van der Waals surface area contributed by atoms with E-state index < -0.39 is 0 Å². The largest absolute Gasteiger partial charge is 0.372 e. The second-order valence-corrected chi connectivity index (χ2v) is 5.12. The van der Waals surface area contributed by atoms with Crippen molar-refractivity contribution in [2.24, 2.45) is 0 Å². The molecule has 1 N–H and O–H groups in total. The highest BCUT2D eigenvalue weighted by atomic mass is 16.2. The first kappa shape index (κ1) is 13.6. The van der Waals surface area contributed by atoms with E-state index in [9.17, 15) is 9.59 Å². The summed E-state index contributed by atoms with van der Waals surface area (Å²) in [6, 6.07) is 6.04. The van der Waals surface area contributed by atoms with E-state index in [0.717, 1.165) is 24.3 Å². The first-order chi connectivity index (χ1) is 9.06. The van der Waals surface area contributed by atoms with Gasteiger partial charge in [0.15, 0.2) is 0 Å². The number of rotatable bonds is 4. The van der Waals surface area contributed by atoms with Gasteiger partial charge in [-0.25, -0.2) is 0 Å². The first-order valence-electron chi connectivity index (χ1n) is 6.71. The second-order valence-electron chi connectivity index (χ2n) is 5.12. The molecule has 2 rings (SSSR count). The number of benzene rings is 1. The molecule has 0 unspecified atom stereocenters. The molecule has 0 bridgehead atoms. The Morgan fingerprint density at radius 1 is 1.26 bits per heavy atom. The molecular formula is C15H20N2O2. The molecule has 0 radical (unpaired) electrons. The maximum Gasteiger partial charge on any atom is 0.231 e. The van der Waals surface area contributed by atoms with Gasteiger partial charge < -0.3 is 10.2 Å². The van der Waals surface area contributed by atoms with E-state index in [1.807, 2.05) is 19.1 Å². The van der Waals surface area contributed by atoms with Crippen molar-refractivity contribution in [1.82, 2.24) is 0 Å². The zero-order valence-electron chi connectivity index (χ0n) is 11.5. The van der Waals surface area contributed by atoms with Crippen LogP contribution in [-0.2, 0) is 9.59 Å². The SMILES string of the molecule is CC(=O)CC(=O)Nc1ccc(N2CCCC2)cc1C. The van der Waals surface area contributed by atoms with Gasteiger partial charge in [0.2, 0.25) is 5.91 Å². The smallest absolute Gasteiger partial charge is 0.231 e. The maximum absolute atomic E-state index is 11.6. The molecule has 4 heteroatoms. The predicted molar refractivity (Wildman–Crippen MR) is 76.6 cm³/mol. The van der Waals surface area contributed by atoms with Crippen molar-refractivity contribution in [2.45, 2.75) is 33.1 Å². The minimum atomic E-state index is -0.246. The van der Waals surface area contributed by atoms with Gasteiger partial charge in [-0.05, 0) is 50.5 Å². The number of Topliss-reactive ketones (excluding diaryl/α,β-unsaturated/α-hetero) is 1. The molecule has 1 fully saturated rings. The van der Waals surface area contributed by atoms with Gasteiger partial charge in [-0.1, -0.05) is 0 Å². The molecule has 0 atom stereocenters. The Hall–Kier alpha value is -1.84. The summed E-state index contributed by atoms with van der Waals surface area (Å²) < 4.78 is 0. The van der Waals surface area contributed by atoms with Crippen molar-refractivity contribution in [2.75, 3.05) is 23.3 Å². The van der Waals surface area contributed by atoms with E-state index in [0.29, 0.717) is 0 Å². The van der Waals surface area contributed by atoms with Crippen LogP contribution in [0.5, 0.6) is 0 Å². The molecule has 0 aromatic heterocycles. The summed E-state index contributed by atoms with van der Waals surface area (Å²) in [6.07, 6.45) is 2.43. The van der Waals surface area contributed by atoms with Crippen LogP contribution < -0.4 is 10.2 Å². The third-order valence-corrected chi connectivity index (χ3v) is 3.36. The molecular weight excluding hydrogens is 240 g/mol. The van der Waals surface area contributed by atoms with Crippen molar-refractivity contribution in [3.63, 3.8) is 0 Å². The van der Waals surface area contributed by atoms with E-state index in [4.69, 9.17) is 0 Å². The van der Waals surface area contributed by atoms with E-state index in [-0.39, 0.29) is 18.1 Å². The number of nitrogens with zero attached hydrogens (tertiary/aromatic N) is 1. The molecule has 1 aliphatic rings. The van der Waals surface area contributed by atoms with Gasteiger partial charge in [-0.3, -0.25) is 9.59 Å². The van der Waals surface area contributed by atoms with Crippen LogP contribution >= 0.6 is 0 Å². The van der Waals surface area contributed by atoms with Crippen molar-refractivity contribution in [1.29, 1.82) is 0 Å². The Morgan fingerprint density at radius 3 is 2.53 bits per heavy atom. The number of nitrogens with one attached hydrogen (secondary N) is 1. The van der Waals surface area contributed by atoms with Crippen molar-refractivity contribution in [3.05, 3.63) is 23.8 Å². The van der Waals surface area contributed by atoms with Crippen molar-refractivity contribution < 1.29 is 9.59 Å². The lowest BCUT2D eigenvalue weighted by molar-refractivity contribution is -0.124. The molecule has 1 saturated heterocycles. The van der Waals surface area contributed by atoms with Crippen LogP contribution in [0.3, 0.4) is 0 Å². The summed E-state index contributed by atoms with van der Waals surface area (Å²) in [7, 11) is 0. The van der Waals surface area contributed by atoms with E-state index in [2.05, 4.69) is 16.3 Å². The monoisotopic (exact) mass is 260 g/mol. The normalized spacial score (nSPS) is 14.5. The number of aryl methyl sites for hydroxylation is 1. The average Bonchev–Trinajstić information content (AvgIpc) is 2.84. The Bertz CT molecular complexity index is 491. The summed E-state index contributed by atoms with van der Waals surface area (Å²) in [5.74, 6) is -0.367. The number of amides is 1. The summed E-state index contributed by atoms with van der Waals surface area (Å²) in [5.41, 5.74) is 3.02. The Balaban J connectivity index is 2.06. The van der Waals surface area contributed by atoms with Gasteiger partial charge >= 0.3 is 0 Å². The quantitative estimate of drug-likeness (QED) is 0.846. The third-order valence-electron chi connectivity index (χ3n) is 3.36. The molecule has 0 aliphatic carbocycles. The zero-order valence-corrected chi connectivity index (χ0v) is 11.5. The van der Waals surface area contributed by atoms with Crippen LogP contribution in [0.15, 0.2) is 18.2 Å². The van der Waals surface area contributed by atoms with Crippen LogP contribution in [0.4, 0.5) is 11.4 Å². The molecule has 1 amide bonds. The highest BCUT2D eigenvalue weighted by Crippen LogP contribution is 2.25. The lowest BCUT2D eigenvalue weighted by atomic mass is 10.1. The lowest BCUT2D eigenvalue weighted by Crippen LogP contribution is -2.18. The van der Waals surface area contributed by atoms with Crippen LogP contribution in [0.2, 0.25) is 0 Å². The second kappa shape index (κ2) is 5.87. The molecule has 102 valence electrons. The highest BCUT2D eigenvalue weighted by molar-refractivity contribution is 6.03.